The Bertz CT molecular complexity index is 500. The fourth-order valence-electron chi connectivity index (χ4n) is 3.10. The van der Waals surface area contributed by atoms with Crippen molar-refractivity contribution in [3.05, 3.63) is 23.8 Å². The van der Waals surface area contributed by atoms with Crippen LogP contribution in [0.3, 0.4) is 0 Å². The van der Waals surface area contributed by atoms with E-state index >= 15 is 0 Å². The Morgan fingerprint density at radius 3 is 3.11 bits per heavy atom. The monoisotopic (exact) mass is 259 g/mol. The van der Waals surface area contributed by atoms with Gasteiger partial charge in [0.05, 0.1) is 0 Å². The first-order chi connectivity index (χ1) is 9.19. The fourth-order valence-corrected chi connectivity index (χ4v) is 3.10. The topological polar surface area (TPSA) is 58.4 Å². The van der Waals surface area contributed by atoms with E-state index in [0.717, 1.165) is 30.3 Å². The predicted octanol–water partition coefficient (Wildman–Crippen LogP) is 2.26. The lowest BCUT2D eigenvalue weighted by Gasteiger charge is -2.34. The van der Waals surface area contributed by atoms with Gasteiger partial charge in [-0.05, 0) is 30.9 Å². The molecule has 2 heterocycles. The summed E-state index contributed by atoms with van der Waals surface area (Å²) < 4.78 is 0. The van der Waals surface area contributed by atoms with Crippen LogP contribution in [0.4, 0.5) is 11.4 Å². The van der Waals surface area contributed by atoms with E-state index in [4.69, 9.17) is 5.73 Å². The van der Waals surface area contributed by atoms with Crippen molar-refractivity contribution in [1.29, 1.82) is 0 Å². The molecule has 0 radical (unpaired) electrons. The summed E-state index contributed by atoms with van der Waals surface area (Å²) in [6.45, 7) is 4.49. The van der Waals surface area contributed by atoms with Crippen molar-refractivity contribution in [3.63, 3.8) is 0 Å². The van der Waals surface area contributed by atoms with Crippen LogP contribution in [0, 0.1) is 5.92 Å². The van der Waals surface area contributed by atoms with Crippen molar-refractivity contribution >= 4 is 17.3 Å². The molecule has 2 aliphatic rings. The third-order valence-corrected chi connectivity index (χ3v) is 4.37. The van der Waals surface area contributed by atoms with Crippen molar-refractivity contribution in [2.24, 2.45) is 11.7 Å². The van der Waals surface area contributed by atoms with E-state index < -0.39 is 6.04 Å². The zero-order valence-electron chi connectivity index (χ0n) is 11.4. The van der Waals surface area contributed by atoms with Crippen molar-refractivity contribution in [3.8, 4) is 0 Å². The van der Waals surface area contributed by atoms with Gasteiger partial charge >= 0.3 is 0 Å². The Morgan fingerprint density at radius 2 is 2.32 bits per heavy atom. The van der Waals surface area contributed by atoms with Crippen molar-refractivity contribution in [2.45, 2.75) is 32.2 Å². The molecule has 102 valence electrons. The van der Waals surface area contributed by atoms with Crippen LogP contribution < -0.4 is 16.0 Å². The molecule has 3 rings (SSSR count). The highest BCUT2D eigenvalue weighted by atomic mass is 16.2. The van der Waals surface area contributed by atoms with E-state index in [-0.39, 0.29) is 5.91 Å². The van der Waals surface area contributed by atoms with Gasteiger partial charge in [-0.1, -0.05) is 19.4 Å². The molecule has 1 aromatic rings. The zero-order valence-corrected chi connectivity index (χ0v) is 11.4. The molecule has 2 atom stereocenters. The first kappa shape index (κ1) is 12.5. The van der Waals surface area contributed by atoms with E-state index in [9.17, 15) is 4.79 Å². The van der Waals surface area contributed by atoms with E-state index in [0.29, 0.717) is 0 Å². The number of anilines is 2. The van der Waals surface area contributed by atoms with Gasteiger partial charge < -0.3 is 16.0 Å². The number of nitrogens with two attached hydrogens (primary N) is 1. The summed E-state index contributed by atoms with van der Waals surface area (Å²) in [5, 5.41) is 2.86. The molecule has 1 saturated heterocycles. The maximum absolute atomic E-state index is 11.6. The molecule has 1 amide bonds. The van der Waals surface area contributed by atoms with Crippen LogP contribution in [0.1, 0.15) is 37.8 Å². The van der Waals surface area contributed by atoms with E-state index in [2.05, 4.69) is 29.3 Å². The molecule has 2 unspecified atom stereocenters. The Kier molecular flexibility index (Phi) is 3.19. The maximum atomic E-state index is 11.6. The number of hydrogen-bond acceptors (Lipinski definition) is 3. The van der Waals surface area contributed by atoms with Gasteiger partial charge in [-0.3, -0.25) is 4.79 Å². The normalized spacial score (nSPS) is 26.2. The lowest BCUT2D eigenvalue weighted by molar-refractivity contribution is -0.116. The molecule has 0 bridgehead atoms. The number of carbonyl (C=O) groups is 1. The van der Waals surface area contributed by atoms with Crippen LogP contribution in [-0.4, -0.2) is 19.0 Å². The number of hydrogen-bond donors (Lipinski definition) is 2. The third kappa shape index (κ3) is 2.21. The second-order valence-corrected chi connectivity index (χ2v) is 5.60. The highest BCUT2D eigenvalue weighted by molar-refractivity contribution is 6.02. The molecule has 2 aliphatic heterocycles. The summed E-state index contributed by atoms with van der Waals surface area (Å²) in [7, 11) is 0. The molecular formula is C15H21N3O. The van der Waals surface area contributed by atoms with Gasteiger partial charge in [0, 0.05) is 30.0 Å². The average Bonchev–Trinajstić information content (AvgIpc) is 2.73. The van der Waals surface area contributed by atoms with Crippen molar-refractivity contribution < 1.29 is 4.79 Å². The number of carbonyl (C=O) groups excluding carboxylic acids is 1. The number of benzene rings is 1. The predicted molar refractivity (Wildman–Crippen MR) is 77.2 cm³/mol. The minimum Gasteiger partial charge on any atom is -0.371 e. The van der Waals surface area contributed by atoms with Crippen LogP contribution in [0.15, 0.2) is 18.2 Å². The second kappa shape index (κ2) is 4.85. The second-order valence-electron chi connectivity index (χ2n) is 5.60. The minimum atomic E-state index is -0.506. The molecule has 1 fully saturated rings. The van der Waals surface area contributed by atoms with Gasteiger partial charge in [0.2, 0.25) is 5.91 Å². The summed E-state index contributed by atoms with van der Waals surface area (Å²) in [5.74, 6) is 0.691. The third-order valence-electron chi connectivity index (χ3n) is 4.37. The first-order valence-electron chi connectivity index (χ1n) is 7.14. The van der Waals surface area contributed by atoms with E-state index in [1.165, 1.54) is 24.9 Å². The average molecular weight is 259 g/mol. The number of nitrogens with zero attached hydrogens (tertiary/aromatic N) is 1. The first-order valence-corrected chi connectivity index (χ1v) is 7.14. The summed E-state index contributed by atoms with van der Waals surface area (Å²) >= 11 is 0. The molecular weight excluding hydrogens is 238 g/mol. The van der Waals surface area contributed by atoms with Gasteiger partial charge in [-0.25, -0.2) is 0 Å². The Balaban J connectivity index is 1.83. The van der Waals surface area contributed by atoms with E-state index in [1.807, 2.05) is 6.07 Å². The van der Waals surface area contributed by atoms with Crippen LogP contribution >= 0.6 is 0 Å². The van der Waals surface area contributed by atoms with Crippen molar-refractivity contribution in [1.82, 2.24) is 0 Å². The minimum absolute atomic E-state index is 0.0998. The van der Waals surface area contributed by atoms with Gasteiger partial charge in [0.1, 0.15) is 6.04 Å². The van der Waals surface area contributed by atoms with Crippen LogP contribution in [-0.2, 0) is 4.79 Å². The van der Waals surface area contributed by atoms with Gasteiger partial charge in [0.25, 0.3) is 0 Å². The van der Waals surface area contributed by atoms with Gasteiger partial charge in [-0.15, -0.1) is 0 Å². The SMILES string of the molecule is CCC1CCCN(c2ccc3c(c2)NC(=O)C3N)C1. The molecule has 1 aromatic carbocycles. The molecule has 0 aromatic heterocycles. The standard InChI is InChI=1S/C15H21N3O/c1-2-10-4-3-7-18(9-10)11-5-6-12-13(8-11)17-15(19)14(12)16/h5-6,8,10,14H,2-4,7,9,16H2,1H3,(H,17,19). The van der Waals surface area contributed by atoms with Crippen LogP contribution in [0.2, 0.25) is 0 Å². The number of piperidine rings is 1. The highest BCUT2D eigenvalue weighted by Crippen LogP contribution is 2.34. The maximum Gasteiger partial charge on any atom is 0.245 e. The number of rotatable bonds is 2. The molecule has 4 heteroatoms. The van der Waals surface area contributed by atoms with Gasteiger partial charge in [-0.2, -0.15) is 0 Å². The molecule has 19 heavy (non-hydrogen) atoms. The Labute approximate surface area is 114 Å². The largest absolute Gasteiger partial charge is 0.371 e. The molecule has 0 saturated carbocycles. The molecule has 3 N–H and O–H groups in total. The summed E-state index contributed by atoms with van der Waals surface area (Å²) in [6, 6.07) is 5.64. The lowest BCUT2D eigenvalue weighted by atomic mass is 9.95. The number of amides is 1. The Morgan fingerprint density at radius 1 is 1.47 bits per heavy atom. The summed E-state index contributed by atoms with van der Waals surface area (Å²) in [6.07, 6.45) is 3.82. The van der Waals surface area contributed by atoms with Crippen LogP contribution in [0.25, 0.3) is 0 Å². The molecule has 0 aliphatic carbocycles. The number of fused-ring (bicyclic) bond motifs is 1. The van der Waals surface area contributed by atoms with Crippen LogP contribution in [0.5, 0.6) is 0 Å². The number of nitrogens with one attached hydrogen (secondary N) is 1. The molecule has 0 spiro atoms. The quantitative estimate of drug-likeness (QED) is 0.856. The van der Waals surface area contributed by atoms with E-state index in [1.54, 1.807) is 0 Å². The fraction of sp³-hybridized carbons (Fsp3) is 0.533. The Hall–Kier alpha value is -1.55. The molecule has 4 nitrogen and oxygen atoms in total. The van der Waals surface area contributed by atoms with Gasteiger partial charge in [0.15, 0.2) is 0 Å². The van der Waals surface area contributed by atoms with Crippen molar-refractivity contribution in [2.75, 3.05) is 23.3 Å². The highest BCUT2D eigenvalue weighted by Gasteiger charge is 2.28. The zero-order chi connectivity index (χ0) is 13.4. The lowest BCUT2D eigenvalue weighted by Crippen LogP contribution is -2.35. The smallest absolute Gasteiger partial charge is 0.245 e. The summed E-state index contributed by atoms with van der Waals surface area (Å²) in [5.41, 5.74) is 8.83. The summed E-state index contributed by atoms with van der Waals surface area (Å²) in [4.78, 5) is 14.0.